The number of carbonyl (C=O) groups is 1. The van der Waals surface area contributed by atoms with Crippen LogP contribution in [0, 0.1) is 6.92 Å². The van der Waals surface area contributed by atoms with Crippen LogP contribution >= 0.6 is 23.2 Å². The summed E-state index contributed by atoms with van der Waals surface area (Å²) in [5.41, 5.74) is 2.37. The van der Waals surface area contributed by atoms with Crippen molar-refractivity contribution in [2.24, 2.45) is 0 Å². The molecule has 0 aliphatic heterocycles. The van der Waals surface area contributed by atoms with Crippen molar-refractivity contribution in [2.75, 3.05) is 5.32 Å². The number of nitrogens with one attached hydrogen (secondary N) is 1. The largest absolute Gasteiger partial charge is 0.508 e. The zero-order valence-corrected chi connectivity index (χ0v) is 15.8. The number of phenols is 1. The fourth-order valence-corrected chi connectivity index (χ4v) is 2.83. The smallest absolute Gasteiger partial charge is 0.278 e. The number of amides is 1. The van der Waals surface area contributed by atoms with E-state index >= 15 is 0 Å². The molecular weight excluding hydrogens is 391 g/mol. The topological polar surface area (TPSA) is 100 Å². The summed E-state index contributed by atoms with van der Waals surface area (Å²) in [6.07, 6.45) is 0. The van der Waals surface area contributed by atoms with E-state index < -0.39 is 5.91 Å². The monoisotopic (exact) mass is 406 g/mol. The van der Waals surface area contributed by atoms with Crippen LogP contribution in [0.5, 0.6) is 5.75 Å². The van der Waals surface area contributed by atoms with Crippen molar-refractivity contribution in [2.45, 2.75) is 20.1 Å². The second-order valence-electron chi connectivity index (χ2n) is 5.89. The van der Waals surface area contributed by atoms with Gasteiger partial charge in [-0.3, -0.25) is 4.79 Å². The number of rotatable bonds is 5. The third-order valence-corrected chi connectivity index (χ3v) is 4.76. The molecule has 0 aliphatic rings. The lowest BCUT2D eigenvalue weighted by Crippen LogP contribution is -2.14. The van der Waals surface area contributed by atoms with E-state index in [1.165, 1.54) is 18.2 Å². The van der Waals surface area contributed by atoms with Crippen LogP contribution in [0.1, 0.15) is 27.3 Å². The van der Waals surface area contributed by atoms with Gasteiger partial charge in [-0.05, 0) is 42.8 Å². The first-order chi connectivity index (χ1) is 12.9. The molecule has 1 amide bonds. The van der Waals surface area contributed by atoms with Crippen molar-refractivity contribution in [1.29, 1.82) is 0 Å². The van der Waals surface area contributed by atoms with Gasteiger partial charge in [-0.25, -0.2) is 4.68 Å². The van der Waals surface area contributed by atoms with Crippen LogP contribution in [-0.2, 0) is 13.2 Å². The number of carbonyl (C=O) groups excluding carboxylic acids is 1. The van der Waals surface area contributed by atoms with Crippen LogP contribution in [0.4, 0.5) is 5.69 Å². The highest BCUT2D eigenvalue weighted by Crippen LogP contribution is 2.24. The lowest BCUT2D eigenvalue weighted by Gasteiger charge is -2.08. The van der Waals surface area contributed by atoms with Gasteiger partial charge in [-0.15, -0.1) is 5.10 Å². The first-order valence-corrected chi connectivity index (χ1v) is 8.72. The number of aromatic nitrogens is 3. The average Bonchev–Trinajstić information content (AvgIpc) is 3.00. The molecule has 9 heteroatoms. The molecule has 0 spiro atoms. The van der Waals surface area contributed by atoms with Crippen LogP contribution in [0.25, 0.3) is 0 Å². The summed E-state index contributed by atoms with van der Waals surface area (Å²) in [5.74, 6) is -0.485. The molecular formula is C18H16Cl2N4O3. The Kier molecular flexibility index (Phi) is 5.65. The van der Waals surface area contributed by atoms with Gasteiger partial charge in [0.05, 0.1) is 28.9 Å². The summed E-state index contributed by atoms with van der Waals surface area (Å²) in [6, 6.07) is 9.67. The van der Waals surface area contributed by atoms with E-state index in [1.54, 1.807) is 23.7 Å². The number of aliphatic hydroxyl groups excluding tert-OH is 1. The minimum Gasteiger partial charge on any atom is -0.508 e. The van der Waals surface area contributed by atoms with Gasteiger partial charge in [0.1, 0.15) is 5.75 Å². The number of nitrogens with zero attached hydrogens (tertiary/aromatic N) is 3. The zero-order valence-electron chi connectivity index (χ0n) is 14.3. The van der Waals surface area contributed by atoms with Crippen LogP contribution < -0.4 is 5.32 Å². The van der Waals surface area contributed by atoms with Crippen molar-refractivity contribution < 1.29 is 15.0 Å². The number of aliphatic hydroxyl groups is 1. The summed E-state index contributed by atoms with van der Waals surface area (Å²) in [5, 5.41) is 30.4. The van der Waals surface area contributed by atoms with Crippen molar-refractivity contribution in [1.82, 2.24) is 15.0 Å². The van der Waals surface area contributed by atoms with Crippen LogP contribution in [0.3, 0.4) is 0 Å². The minimum absolute atomic E-state index is 0.0424. The summed E-state index contributed by atoms with van der Waals surface area (Å²) in [4.78, 5) is 12.5. The fraction of sp³-hybridized carbons (Fsp3) is 0.167. The summed E-state index contributed by atoms with van der Waals surface area (Å²) >= 11 is 11.9. The maximum atomic E-state index is 12.5. The van der Waals surface area contributed by atoms with Crippen molar-refractivity contribution in [3.05, 3.63) is 69.0 Å². The molecule has 0 bridgehead atoms. The molecule has 27 heavy (non-hydrogen) atoms. The third kappa shape index (κ3) is 4.21. The molecule has 3 rings (SSSR count). The van der Waals surface area contributed by atoms with Gasteiger partial charge in [0.2, 0.25) is 0 Å². The Labute approximate surface area is 165 Å². The molecule has 0 saturated carbocycles. The van der Waals surface area contributed by atoms with E-state index in [1.807, 2.05) is 6.07 Å². The number of hydrogen-bond acceptors (Lipinski definition) is 5. The molecule has 1 aromatic heterocycles. The van der Waals surface area contributed by atoms with Crippen molar-refractivity contribution in [3.63, 3.8) is 0 Å². The number of anilines is 1. The molecule has 3 aromatic rings. The van der Waals surface area contributed by atoms with E-state index in [9.17, 15) is 15.0 Å². The number of halogens is 2. The predicted molar refractivity (Wildman–Crippen MR) is 102 cm³/mol. The van der Waals surface area contributed by atoms with Crippen LogP contribution in [0.15, 0.2) is 36.4 Å². The van der Waals surface area contributed by atoms with Gasteiger partial charge in [0, 0.05) is 11.3 Å². The second-order valence-corrected chi connectivity index (χ2v) is 6.70. The molecule has 0 saturated heterocycles. The highest BCUT2D eigenvalue weighted by molar-refractivity contribution is 6.42. The molecule has 0 radical (unpaired) electrons. The minimum atomic E-state index is -0.442. The van der Waals surface area contributed by atoms with Gasteiger partial charge < -0.3 is 15.5 Å². The quantitative estimate of drug-likeness (QED) is 0.563. The van der Waals surface area contributed by atoms with E-state index in [2.05, 4.69) is 15.6 Å². The SMILES string of the molecule is Cc1c(C(=O)Nc2ccc(O)c(CO)c2)nnn1Cc1ccc(Cl)c(Cl)c1. The lowest BCUT2D eigenvalue weighted by molar-refractivity contribution is 0.102. The predicted octanol–water partition coefficient (Wildman–Crippen LogP) is 3.39. The molecule has 0 unspecified atom stereocenters. The Morgan fingerprint density at radius 3 is 2.67 bits per heavy atom. The highest BCUT2D eigenvalue weighted by Gasteiger charge is 2.17. The molecule has 3 N–H and O–H groups in total. The number of benzene rings is 2. The second kappa shape index (κ2) is 7.96. The van der Waals surface area contributed by atoms with E-state index in [-0.39, 0.29) is 18.1 Å². The number of aromatic hydroxyl groups is 1. The zero-order chi connectivity index (χ0) is 19.6. The molecule has 0 atom stereocenters. The summed E-state index contributed by atoms with van der Waals surface area (Å²) in [6.45, 7) is 1.79. The van der Waals surface area contributed by atoms with Gasteiger partial charge in [-0.2, -0.15) is 0 Å². The molecule has 0 fully saturated rings. The lowest BCUT2D eigenvalue weighted by atomic mass is 10.2. The Balaban J connectivity index is 1.77. The van der Waals surface area contributed by atoms with E-state index in [0.717, 1.165) is 5.56 Å². The van der Waals surface area contributed by atoms with Gasteiger partial charge in [0.25, 0.3) is 5.91 Å². The van der Waals surface area contributed by atoms with Gasteiger partial charge >= 0.3 is 0 Å². The fourth-order valence-electron chi connectivity index (χ4n) is 2.51. The third-order valence-electron chi connectivity index (χ3n) is 4.02. The highest BCUT2D eigenvalue weighted by atomic mass is 35.5. The van der Waals surface area contributed by atoms with Crippen molar-refractivity contribution in [3.8, 4) is 5.75 Å². The molecule has 0 aliphatic carbocycles. The maximum Gasteiger partial charge on any atom is 0.278 e. The summed E-state index contributed by atoms with van der Waals surface area (Å²) in [7, 11) is 0. The molecule has 7 nitrogen and oxygen atoms in total. The van der Waals surface area contributed by atoms with Crippen LogP contribution in [-0.4, -0.2) is 31.1 Å². The average molecular weight is 407 g/mol. The number of hydrogen-bond donors (Lipinski definition) is 3. The Hall–Kier alpha value is -2.61. The van der Waals surface area contributed by atoms with Crippen molar-refractivity contribution >= 4 is 34.8 Å². The Bertz CT molecular complexity index is 1000. The first kappa shape index (κ1) is 19.2. The maximum absolute atomic E-state index is 12.5. The van der Waals surface area contributed by atoms with E-state index in [4.69, 9.17) is 23.2 Å². The normalized spacial score (nSPS) is 10.8. The van der Waals surface area contributed by atoms with E-state index in [0.29, 0.717) is 33.5 Å². The van der Waals surface area contributed by atoms with Gasteiger partial charge in [-0.1, -0.05) is 34.5 Å². The molecule has 1 heterocycles. The summed E-state index contributed by atoms with van der Waals surface area (Å²) < 4.78 is 1.59. The standard InChI is InChI=1S/C18H16Cl2N4O3/c1-10-17(18(27)21-13-3-5-16(26)12(7-13)9-25)22-23-24(10)8-11-2-4-14(19)15(20)6-11/h2-7,25-26H,8-9H2,1H3,(H,21,27). The molecule has 2 aromatic carbocycles. The Morgan fingerprint density at radius 2 is 1.96 bits per heavy atom. The first-order valence-electron chi connectivity index (χ1n) is 7.97. The Morgan fingerprint density at radius 1 is 1.19 bits per heavy atom. The van der Waals surface area contributed by atoms with Gasteiger partial charge in [0.15, 0.2) is 5.69 Å². The van der Waals surface area contributed by atoms with Crippen LogP contribution in [0.2, 0.25) is 10.0 Å². The molecule has 140 valence electrons.